The molecule has 4 heteroatoms. The van der Waals surface area contributed by atoms with E-state index in [1.54, 1.807) is 12.1 Å². The number of nitrogens with zero attached hydrogens (tertiary/aromatic N) is 2. The molecule has 1 heterocycles. The number of hydrogen-bond donors (Lipinski definition) is 0. The van der Waals surface area contributed by atoms with Gasteiger partial charge in [0.15, 0.2) is 11.6 Å². The number of benzene rings is 1. The van der Waals surface area contributed by atoms with Crippen molar-refractivity contribution >= 4 is 22.6 Å². The zero-order valence-corrected chi connectivity index (χ0v) is 15.1. The van der Waals surface area contributed by atoms with Crippen LogP contribution in [-0.2, 0) is 12.8 Å². The second-order valence-electron chi connectivity index (χ2n) is 6.78. The molecule has 0 saturated carbocycles. The fourth-order valence-electron chi connectivity index (χ4n) is 3.20. The van der Waals surface area contributed by atoms with E-state index in [1.807, 2.05) is 13.8 Å². The van der Waals surface area contributed by atoms with Crippen molar-refractivity contribution in [3.05, 3.63) is 46.8 Å². The van der Waals surface area contributed by atoms with Gasteiger partial charge in [-0.3, -0.25) is 9.59 Å². The molecule has 0 aliphatic heterocycles. The zero-order chi connectivity index (χ0) is 18.0. The third kappa shape index (κ3) is 3.53. The zero-order valence-electron chi connectivity index (χ0n) is 15.1. The van der Waals surface area contributed by atoms with E-state index < -0.39 is 0 Å². The van der Waals surface area contributed by atoms with E-state index in [2.05, 4.69) is 12.2 Å². The normalized spacial score (nSPS) is 16.6. The van der Waals surface area contributed by atoms with Gasteiger partial charge in [0.25, 0.3) is 0 Å². The van der Waals surface area contributed by atoms with Gasteiger partial charge in [-0.25, -0.2) is 9.97 Å². The number of hydrogen-bond acceptors (Lipinski definition) is 4. The molecular formula is C21H24N2O2. The summed E-state index contributed by atoms with van der Waals surface area (Å²) in [5.74, 6) is -0.214. The minimum Gasteiger partial charge on any atom is -0.294 e. The highest BCUT2D eigenvalue weighted by molar-refractivity contribution is 6.11. The van der Waals surface area contributed by atoms with Crippen LogP contribution in [0.5, 0.6) is 0 Å². The number of aryl methyl sites for hydroxylation is 2. The Bertz CT molecular complexity index is 868. The summed E-state index contributed by atoms with van der Waals surface area (Å²) in [5.41, 5.74) is 4.36. The molecule has 3 rings (SSSR count). The minimum atomic E-state index is -0.113. The van der Waals surface area contributed by atoms with Gasteiger partial charge in [0.05, 0.1) is 22.4 Å². The number of Topliss-reactive ketones (excluding diaryl/α,β-unsaturated/α-hetero) is 2. The topological polar surface area (TPSA) is 59.9 Å². The highest BCUT2D eigenvalue weighted by atomic mass is 16.1. The lowest BCUT2D eigenvalue weighted by atomic mass is 9.91. The Hall–Kier alpha value is -2.36. The second-order valence-corrected chi connectivity index (χ2v) is 6.78. The molecule has 0 fully saturated rings. The highest BCUT2D eigenvalue weighted by Gasteiger charge is 2.21. The Kier molecular flexibility index (Phi) is 5.07. The SMILES string of the molecule is CCC(C)C(=O)c1cc2nc3c(nc2cc1C(C)=O)CC/C=C/CC3. The van der Waals surface area contributed by atoms with E-state index in [-0.39, 0.29) is 17.5 Å². The van der Waals surface area contributed by atoms with Crippen LogP contribution in [0.2, 0.25) is 0 Å². The molecule has 1 atom stereocenters. The number of fused-ring (bicyclic) bond motifs is 2. The highest BCUT2D eigenvalue weighted by Crippen LogP contribution is 2.24. The molecule has 0 bridgehead atoms. The summed E-state index contributed by atoms with van der Waals surface area (Å²) in [6, 6.07) is 3.51. The van der Waals surface area contributed by atoms with E-state index in [1.165, 1.54) is 6.92 Å². The van der Waals surface area contributed by atoms with Crippen LogP contribution in [0, 0.1) is 5.92 Å². The van der Waals surface area contributed by atoms with Crippen molar-refractivity contribution in [1.29, 1.82) is 0 Å². The summed E-state index contributed by atoms with van der Waals surface area (Å²) in [6.07, 6.45) is 8.75. The average Bonchev–Trinajstić information content (AvgIpc) is 2.59. The molecule has 4 nitrogen and oxygen atoms in total. The van der Waals surface area contributed by atoms with Crippen LogP contribution < -0.4 is 0 Å². The molecule has 1 unspecified atom stereocenters. The van der Waals surface area contributed by atoms with Gasteiger partial charge in [-0.15, -0.1) is 0 Å². The van der Waals surface area contributed by atoms with Gasteiger partial charge >= 0.3 is 0 Å². The fraction of sp³-hybridized carbons (Fsp3) is 0.429. The first-order valence-corrected chi connectivity index (χ1v) is 9.05. The quantitative estimate of drug-likeness (QED) is 0.609. The monoisotopic (exact) mass is 336 g/mol. The number of allylic oxidation sites excluding steroid dienone is 2. The molecule has 0 N–H and O–H groups in total. The average molecular weight is 336 g/mol. The van der Waals surface area contributed by atoms with E-state index in [9.17, 15) is 9.59 Å². The van der Waals surface area contributed by atoms with Crippen LogP contribution in [0.3, 0.4) is 0 Å². The second kappa shape index (κ2) is 7.26. The Morgan fingerprint density at radius 3 is 2.00 bits per heavy atom. The molecule has 0 saturated heterocycles. The van der Waals surface area contributed by atoms with Crippen molar-refractivity contribution in [3.63, 3.8) is 0 Å². The van der Waals surface area contributed by atoms with Crippen molar-refractivity contribution in [2.45, 2.75) is 52.9 Å². The Balaban J connectivity index is 2.17. The van der Waals surface area contributed by atoms with Gasteiger partial charge in [0.1, 0.15) is 0 Å². The minimum absolute atomic E-state index is 0.00563. The Labute approximate surface area is 148 Å². The molecule has 0 spiro atoms. The Morgan fingerprint density at radius 2 is 1.52 bits per heavy atom. The van der Waals surface area contributed by atoms with Crippen LogP contribution in [0.1, 0.15) is 72.1 Å². The largest absolute Gasteiger partial charge is 0.294 e. The van der Waals surface area contributed by atoms with E-state index in [0.717, 1.165) is 43.5 Å². The van der Waals surface area contributed by atoms with Gasteiger partial charge in [-0.2, -0.15) is 0 Å². The predicted octanol–water partition coefficient (Wildman–Crippen LogP) is 4.50. The maximum absolute atomic E-state index is 12.7. The maximum atomic E-state index is 12.7. The summed E-state index contributed by atoms with van der Waals surface area (Å²) in [6.45, 7) is 5.38. The third-order valence-electron chi connectivity index (χ3n) is 4.93. The van der Waals surface area contributed by atoms with Gasteiger partial charge in [0.2, 0.25) is 0 Å². The number of rotatable bonds is 4. The number of aromatic nitrogens is 2. The molecule has 1 aromatic heterocycles. The first kappa shape index (κ1) is 17.5. The van der Waals surface area contributed by atoms with Crippen molar-refractivity contribution in [2.24, 2.45) is 5.92 Å². The summed E-state index contributed by atoms with van der Waals surface area (Å²) < 4.78 is 0. The fourth-order valence-corrected chi connectivity index (χ4v) is 3.20. The van der Waals surface area contributed by atoms with Crippen LogP contribution in [0.25, 0.3) is 11.0 Å². The van der Waals surface area contributed by atoms with Crippen LogP contribution in [0.15, 0.2) is 24.3 Å². The summed E-state index contributed by atoms with van der Waals surface area (Å²) in [7, 11) is 0. The molecule has 1 aliphatic carbocycles. The summed E-state index contributed by atoms with van der Waals surface area (Å²) in [5, 5.41) is 0. The van der Waals surface area contributed by atoms with Crippen LogP contribution in [0.4, 0.5) is 0 Å². The van der Waals surface area contributed by atoms with E-state index in [0.29, 0.717) is 22.2 Å². The van der Waals surface area contributed by atoms with Gasteiger partial charge < -0.3 is 0 Å². The molecule has 1 aliphatic rings. The van der Waals surface area contributed by atoms with Gasteiger partial charge in [0, 0.05) is 17.0 Å². The number of ketones is 2. The molecular weight excluding hydrogens is 312 g/mol. The van der Waals surface area contributed by atoms with Gasteiger partial charge in [-0.05, 0) is 51.2 Å². The third-order valence-corrected chi connectivity index (χ3v) is 4.93. The van der Waals surface area contributed by atoms with Crippen LogP contribution >= 0.6 is 0 Å². The van der Waals surface area contributed by atoms with E-state index >= 15 is 0 Å². The van der Waals surface area contributed by atoms with Crippen molar-refractivity contribution < 1.29 is 9.59 Å². The molecule has 2 aromatic rings. The summed E-state index contributed by atoms with van der Waals surface area (Å²) in [4.78, 5) is 34.4. The number of carbonyl (C=O) groups is 2. The first-order valence-electron chi connectivity index (χ1n) is 9.05. The van der Waals surface area contributed by atoms with Crippen molar-refractivity contribution in [1.82, 2.24) is 9.97 Å². The molecule has 0 radical (unpaired) electrons. The van der Waals surface area contributed by atoms with E-state index in [4.69, 9.17) is 9.97 Å². The predicted molar refractivity (Wildman–Crippen MR) is 99.1 cm³/mol. The van der Waals surface area contributed by atoms with Crippen LogP contribution in [-0.4, -0.2) is 21.5 Å². The standard InChI is InChI=1S/C21H24N2O2/c1-4-13(2)21(25)16-12-20-19(11-15(16)14(3)24)22-17-9-7-5-6-8-10-18(17)23-20/h5-6,11-13H,4,7-10H2,1-3H3/b6-5+. The Morgan fingerprint density at radius 1 is 1.00 bits per heavy atom. The van der Waals surface area contributed by atoms with Gasteiger partial charge in [-0.1, -0.05) is 26.0 Å². The first-order chi connectivity index (χ1) is 12.0. The lowest BCUT2D eigenvalue weighted by Gasteiger charge is -2.14. The maximum Gasteiger partial charge on any atom is 0.166 e. The molecule has 25 heavy (non-hydrogen) atoms. The lowest BCUT2D eigenvalue weighted by molar-refractivity contribution is 0.0916. The molecule has 0 amide bonds. The summed E-state index contributed by atoms with van der Waals surface area (Å²) >= 11 is 0. The van der Waals surface area contributed by atoms with Crippen molar-refractivity contribution in [3.8, 4) is 0 Å². The number of carbonyl (C=O) groups excluding carboxylic acids is 2. The molecule has 1 aromatic carbocycles. The van der Waals surface area contributed by atoms with Crippen molar-refractivity contribution in [2.75, 3.05) is 0 Å². The molecule has 130 valence electrons. The smallest absolute Gasteiger partial charge is 0.166 e. The lowest BCUT2D eigenvalue weighted by Crippen LogP contribution is -2.15.